The molecule has 9 heteroatoms. The first-order valence-corrected chi connectivity index (χ1v) is 16.2. The van der Waals surface area contributed by atoms with Crippen molar-refractivity contribution in [3.05, 3.63) is 12.2 Å². The topological polar surface area (TPSA) is 110 Å². The Labute approximate surface area is 250 Å². The lowest BCUT2D eigenvalue weighted by Gasteiger charge is -2.44. The third kappa shape index (κ3) is 6.24. The smallest absolute Gasteiger partial charge is 0.306 e. The number of esters is 1. The lowest BCUT2D eigenvalue weighted by molar-refractivity contribution is -0.314. The Kier molecular flexibility index (Phi) is 10.5. The molecule has 0 spiro atoms. The lowest BCUT2D eigenvalue weighted by Crippen LogP contribution is -2.59. The summed E-state index contributed by atoms with van der Waals surface area (Å²) in [6, 6.07) is 0. The molecule has 15 atom stereocenters. The summed E-state index contributed by atoms with van der Waals surface area (Å²) in [6.45, 7) is 5.86. The second-order valence-corrected chi connectivity index (χ2v) is 13.4. The number of ether oxygens (including phenoxy) is 6. The van der Waals surface area contributed by atoms with Gasteiger partial charge in [-0.25, -0.2) is 0 Å². The molecule has 238 valence electrons. The number of fused-ring (bicyclic) bond motifs is 5. The van der Waals surface area contributed by atoms with Crippen molar-refractivity contribution in [2.45, 2.75) is 121 Å². The van der Waals surface area contributed by atoms with Crippen LogP contribution in [0.3, 0.4) is 0 Å². The minimum Gasteiger partial charge on any atom is -0.462 e. The van der Waals surface area contributed by atoms with E-state index in [1.165, 1.54) is 0 Å². The highest BCUT2D eigenvalue weighted by Crippen LogP contribution is 2.57. The Balaban J connectivity index is 1.32. The van der Waals surface area contributed by atoms with Gasteiger partial charge in [0.2, 0.25) is 0 Å². The van der Waals surface area contributed by atoms with Crippen LogP contribution in [0.2, 0.25) is 0 Å². The SMILES string of the molecule is CC[C@H]1CCC[C@H](O)[C@@H](C)C(=O)[C@H]2C[C@@H]3[C@@H](C=C[C@@H]4C[C@@H](O[C@H]5O[C@@H](C)[C@@H](OC)[C@@H](OC)[C@H]5OC)C[C@H]34)[C@@H]2CC(=O)O1. The van der Waals surface area contributed by atoms with Crippen molar-refractivity contribution in [2.75, 3.05) is 21.3 Å². The van der Waals surface area contributed by atoms with Gasteiger partial charge in [0.15, 0.2) is 6.29 Å². The van der Waals surface area contributed by atoms with Gasteiger partial charge in [-0.2, -0.15) is 0 Å². The van der Waals surface area contributed by atoms with E-state index in [0.29, 0.717) is 18.3 Å². The second-order valence-electron chi connectivity index (χ2n) is 13.4. The summed E-state index contributed by atoms with van der Waals surface area (Å²) in [4.78, 5) is 27.0. The minimum absolute atomic E-state index is 0.0202. The first-order valence-electron chi connectivity index (χ1n) is 16.2. The summed E-state index contributed by atoms with van der Waals surface area (Å²) >= 11 is 0. The molecule has 5 aliphatic rings. The Morgan fingerprint density at radius 1 is 0.905 bits per heavy atom. The summed E-state index contributed by atoms with van der Waals surface area (Å²) in [7, 11) is 4.95. The molecule has 4 fully saturated rings. The predicted molar refractivity (Wildman–Crippen MR) is 154 cm³/mol. The van der Waals surface area contributed by atoms with Crippen molar-refractivity contribution in [3.8, 4) is 0 Å². The number of allylic oxidation sites excluding steroid dienone is 2. The average Bonchev–Trinajstić information content (AvgIpc) is 3.55. The summed E-state index contributed by atoms with van der Waals surface area (Å²) in [5.74, 6) is 0.229. The van der Waals surface area contributed by atoms with E-state index in [2.05, 4.69) is 12.2 Å². The summed E-state index contributed by atoms with van der Waals surface area (Å²) < 4.78 is 36.0. The van der Waals surface area contributed by atoms with Crippen LogP contribution in [0, 0.1) is 41.4 Å². The third-order valence-electron chi connectivity index (χ3n) is 11.2. The van der Waals surface area contributed by atoms with E-state index in [-0.39, 0.29) is 72.4 Å². The molecule has 5 rings (SSSR count). The van der Waals surface area contributed by atoms with Crippen LogP contribution in [0.1, 0.15) is 72.1 Å². The van der Waals surface area contributed by atoms with E-state index in [9.17, 15) is 14.7 Å². The molecule has 3 aliphatic carbocycles. The fourth-order valence-electron chi connectivity index (χ4n) is 8.93. The Morgan fingerprint density at radius 3 is 2.33 bits per heavy atom. The summed E-state index contributed by atoms with van der Waals surface area (Å²) in [6.07, 6.45) is 7.45. The maximum absolute atomic E-state index is 13.8. The normalized spacial score (nSPS) is 48.0. The highest BCUT2D eigenvalue weighted by Gasteiger charge is 2.55. The number of hydrogen-bond donors (Lipinski definition) is 1. The minimum atomic E-state index is -0.666. The van der Waals surface area contributed by atoms with Crippen molar-refractivity contribution < 1.29 is 43.1 Å². The Morgan fingerprint density at radius 2 is 1.64 bits per heavy atom. The monoisotopic (exact) mass is 592 g/mol. The van der Waals surface area contributed by atoms with Gasteiger partial charge in [0.1, 0.15) is 30.2 Å². The van der Waals surface area contributed by atoms with Crippen LogP contribution in [0.25, 0.3) is 0 Å². The van der Waals surface area contributed by atoms with Crippen molar-refractivity contribution >= 4 is 11.8 Å². The van der Waals surface area contributed by atoms with Crippen LogP contribution < -0.4 is 0 Å². The van der Waals surface area contributed by atoms with E-state index < -0.39 is 24.4 Å². The average molecular weight is 593 g/mol. The fraction of sp³-hybridized carbons (Fsp3) is 0.879. The molecular formula is C33H52O9. The fourth-order valence-corrected chi connectivity index (χ4v) is 8.93. The van der Waals surface area contributed by atoms with Gasteiger partial charge in [0.25, 0.3) is 0 Å². The predicted octanol–water partition coefficient (Wildman–Crippen LogP) is 4.09. The number of carbonyl (C=O) groups is 2. The van der Waals surface area contributed by atoms with Gasteiger partial charge in [-0.3, -0.25) is 9.59 Å². The number of aliphatic hydroxyl groups excluding tert-OH is 1. The van der Waals surface area contributed by atoms with Gasteiger partial charge >= 0.3 is 5.97 Å². The molecule has 2 saturated carbocycles. The zero-order chi connectivity index (χ0) is 30.1. The zero-order valence-corrected chi connectivity index (χ0v) is 26.2. The van der Waals surface area contributed by atoms with Gasteiger partial charge < -0.3 is 33.5 Å². The molecule has 0 aromatic rings. The van der Waals surface area contributed by atoms with E-state index in [1.807, 2.05) is 20.8 Å². The van der Waals surface area contributed by atoms with Crippen LogP contribution in [-0.2, 0) is 38.0 Å². The summed E-state index contributed by atoms with van der Waals surface area (Å²) in [5, 5.41) is 10.9. The molecule has 9 nitrogen and oxygen atoms in total. The Bertz CT molecular complexity index is 969. The van der Waals surface area contributed by atoms with Crippen molar-refractivity contribution in [2.24, 2.45) is 41.4 Å². The van der Waals surface area contributed by atoms with Gasteiger partial charge in [-0.05, 0) is 81.5 Å². The molecular weight excluding hydrogens is 540 g/mol. The lowest BCUT2D eigenvalue weighted by atomic mass is 9.71. The van der Waals surface area contributed by atoms with Crippen LogP contribution in [0.5, 0.6) is 0 Å². The van der Waals surface area contributed by atoms with Gasteiger partial charge in [-0.15, -0.1) is 0 Å². The van der Waals surface area contributed by atoms with Crippen LogP contribution in [0.4, 0.5) is 0 Å². The maximum Gasteiger partial charge on any atom is 0.306 e. The standard InChI is InChI=1S/C33H52O9/c1-7-20-9-8-10-27(34)17(2)29(36)26-15-24-22(25(26)16-28(35)41-20)12-11-19-13-21(14-23(19)24)42-33-32(39-6)31(38-5)30(37-4)18(3)40-33/h11-12,17-27,30-34H,7-10,13-16H2,1-6H3/t17-,18+,19-,20+,21-,22-,23+,24-,25+,26+,27+,30-,31-,32-,33-/m1/s1. The Hall–Kier alpha value is -1.36. The molecule has 42 heavy (non-hydrogen) atoms. The number of rotatable bonds is 6. The van der Waals surface area contributed by atoms with Crippen LogP contribution in [0.15, 0.2) is 12.2 Å². The van der Waals surface area contributed by atoms with Gasteiger partial charge in [0.05, 0.1) is 18.3 Å². The molecule has 2 aliphatic heterocycles. The van der Waals surface area contributed by atoms with Crippen molar-refractivity contribution in [1.29, 1.82) is 0 Å². The molecule has 1 N–H and O–H groups in total. The largest absolute Gasteiger partial charge is 0.462 e. The molecule has 0 bridgehead atoms. The first-order chi connectivity index (χ1) is 20.2. The van der Waals surface area contributed by atoms with Crippen molar-refractivity contribution in [1.82, 2.24) is 0 Å². The zero-order valence-electron chi connectivity index (χ0n) is 26.2. The number of methoxy groups -OCH3 is 3. The number of cyclic esters (lactones) is 1. The molecule has 0 aromatic heterocycles. The first kappa shape index (κ1) is 32.0. The number of ketones is 1. The van der Waals surface area contributed by atoms with E-state index in [4.69, 9.17) is 28.4 Å². The molecule has 0 amide bonds. The number of Topliss-reactive ketones (excluding diaryl/α,β-unsaturated/α-hetero) is 1. The van der Waals surface area contributed by atoms with Crippen LogP contribution in [-0.4, -0.2) is 87.2 Å². The number of aliphatic hydroxyl groups is 1. The summed E-state index contributed by atoms with van der Waals surface area (Å²) in [5.41, 5.74) is 0. The maximum atomic E-state index is 13.8. The molecule has 0 aromatic carbocycles. The quantitative estimate of drug-likeness (QED) is 0.360. The van der Waals surface area contributed by atoms with Gasteiger partial charge in [-0.1, -0.05) is 26.0 Å². The second kappa shape index (κ2) is 13.7. The van der Waals surface area contributed by atoms with Gasteiger partial charge in [0, 0.05) is 39.6 Å². The third-order valence-corrected chi connectivity index (χ3v) is 11.2. The number of carbonyl (C=O) groups excluding carboxylic acids is 2. The molecule has 2 heterocycles. The molecule has 2 saturated heterocycles. The van der Waals surface area contributed by atoms with E-state index in [0.717, 1.165) is 38.5 Å². The number of hydrogen-bond acceptors (Lipinski definition) is 9. The van der Waals surface area contributed by atoms with E-state index >= 15 is 0 Å². The van der Waals surface area contributed by atoms with E-state index in [1.54, 1.807) is 21.3 Å². The molecule has 0 unspecified atom stereocenters. The highest BCUT2D eigenvalue weighted by atomic mass is 16.7. The molecule has 0 radical (unpaired) electrons. The van der Waals surface area contributed by atoms with Crippen LogP contribution >= 0.6 is 0 Å². The highest BCUT2D eigenvalue weighted by molar-refractivity contribution is 5.85. The van der Waals surface area contributed by atoms with Crippen molar-refractivity contribution in [3.63, 3.8) is 0 Å².